The standard InChI is InChI=1S/C14H21NO3/c1-9-6-10-11(7-9)13(17)15(12(10)16)8-14(18)4-2-3-5-14/h9-11,18H,2-8H2,1H3. The van der Waals surface area contributed by atoms with Crippen molar-refractivity contribution in [3.63, 3.8) is 0 Å². The molecule has 4 nitrogen and oxygen atoms in total. The smallest absolute Gasteiger partial charge is 0.233 e. The second-order valence-corrected chi connectivity index (χ2v) is 6.48. The van der Waals surface area contributed by atoms with E-state index in [1.54, 1.807) is 0 Å². The maximum absolute atomic E-state index is 12.3. The minimum Gasteiger partial charge on any atom is -0.388 e. The van der Waals surface area contributed by atoms with Gasteiger partial charge in [0.25, 0.3) is 0 Å². The molecule has 1 aliphatic heterocycles. The van der Waals surface area contributed by atoms with Crippen LogP contribution in [-0.2, 0) is 9.59 Å². The van der Waals surface area contributed by atoms with Gasteiger partial charge in [-0.2, -0.15) is 0 Å². The SMILES string of the molecule is CC1CC2C(=O)N(CC3(O)CCCC3)C(=O)C2C1. The van der Waals surface area contributed by atoms with Crippen LogP contribution in [0, 0.1) is 17.8 Å². The highest BCUT2D eigenvalue weighted by atomic mass is 16.3. The van der Waals surface area contributed by atoms with Crippen LogP contribution in [0.1, 0.15) is 45.4 Å². The van der Waals surface area contributed by atoms with Gasteiger partial charge in [0, 0.05) is 0 Å². The van der Waals surface area contributed by atoms with Gasteiger partial charge in [-0.15, -0.1) is 0 Å². The molecule has 2 saturated carbocycles. The molecular weight excluding hydrogens is 230 g/mol. The van der Waals surface area contributed by atoms with Crippen LogP contribution < -0.4 is 0 Å². The van der Waals surface area contributed by atoms with Crippen LogP contribution in [0.4, 0.5) is 0 Å². The summed E-state index contributed by atoms with van der Waals surface area (Å²) >= 11 is 0. The van der Waals surface area contributed by atoms with Gasteiger partial charge in [-0.1, -0.05) is 19.8 Å². The Bertz CT molecular complexity index is 363. The molecular formula is C14H21NO3. The van der Waals surface area contributed by atoms with E-state index >= 15 is 0 Å². The first-order valence-electron chi connectivity index (χ1n) is 7.08. The number of hydrogen-bond acceptors (Lipinski definition) is 3. The van der Waals surface area contributed by atoms with E-state index in [4.69, 9.17) is 0 Å². The summed E-state index contributed by atoms with van der Waals surface area (Å²) in [6, 6.07) is 0. The maximum atomic E-state index is 12.3. The van der Waals surface area contributed by atoms with Crippen molar-refractivity contribution in [2.24, 2.45) is 17.8 Å². The minimum absolute atomic E-state index is 0.0327. The van der Waals surface area contributed by atoms with Crippen molar-refractivity contribution in [2.45, 2.75) is 51.0 Å². The van der Waals surface area contributed by atoms with Crippen LogP contribution in [0.25, 0.3) is 0 Å². The monoisotopic (exact) mass is 251 g/mol. The molecule has 1 saturated heterocycles. The molecule has 1 N–H and O–H groups in total. The van der Waals surface area contributed by atoms with E-state index in [1.807, 2.05) is 0 Å². The normalized spacial score (nSPS) is 38.6. The van der Waals surface area contributed by atoms with Gasteiger partial charge in [-0.25, -0.2) is 0 Å². The summed E-state index contributed by atoms with van der Waals surface area (Å²) in [6.07, 6.45) is 5.10. The molecule has 0 aromatic heterocycles. The van der Waals surface area contributed by atoms with Gasteiger partial charge in [0.2, 0.25) is 11.8 Å². The van der Waals surface area contributed by atoms with E-state index < -0.39 is 5.60 Å². The number of aliphatic hydroxyl groups is 1. The Kier molecular flexibility index (Phi) is 2.73. The molecule has 2 atom stereocenters. The molecule has 3 fully saturated rings. The van der Waals surface area contributed by atoms with Crippen LogP contribution in [0.2, 0.25) is 0 Å². The van der Waals surface area contributed by atoms with E-state index in [1.165, 1.54) is 4.90 Å². The van der Waals surface area contributed by atoms with Gasteiger partial charge in [0.1, 0.15) is 0 Å². The third-order valence-electron chi connectivity index (χ3n) is 4.95. The van der Waals surface area contributed by atoms with E-state index in [9.17, 15) is 14.7 Å². The topological polar surface area (TPSA) is 57.6 Å². The number of β-amino-alcohol motifs (C(OH)–C–C–N with tert-alkyl or cyclic N) is 1. The number of amides is 2. The summed E-state index contributed by atoms with van der Waals surface area (Å²) in [6.45, 7) is 2.33. The summed E-state index contributed by atoms with van der Waals surface area (Å²) in [5.41, 5.74) is -0.810. The van der Waals surface area contributed by atoms with Gasteiger partial charge in [-0.05, 0) is 31.6 Å². The lowest BCUT2D eigenvalue weighted by atomic mass is 10.00. The van der Waals surface area contributed by atoms with Gasteiger partial charge in [0.05, 0.1) is 24.0 Å². The van der Waals surface area contributed by atoms with Crippen LogP contribution in [0.15, 0.2) is 0 Å². The number of nitrogens with zero attached hydrogens (tertiary/aromatic N) is 1. The van der Waals surface area contributed by atoms with E-state index in [0.29, 0.717) is 5.92 Å². The Balaban J connectivity index is 1.75. The lowest BCUT2D eigenvalue weighted by molar-refractivity contribution is -0.144. The Morgan fingerprint density at radius 3 is 2.17 bits per heavy atom. The Morgan fingerprint density at radius 1 is 1.17 bits per heavy atom. The summed E-state index contributed by atoms with van der Waals surface area (Å²) in [5, 5.41) is 10.4. The summed E-state index contributed by atoms with van der Waals surface area (Å²) < 4.78 is 0. The van der Waals surface area contributed by atoms with Crippen molar-refractivity contribution in [1.29, 1.82) is 0 Å². The molecule has 0 bridgehead atoms. The molecule has 2 amide bonds. The molecule has 2 unspecified atom stereocenters. The molecule has 3 aliphatic rings. The fourth-order valence-corrected chi connectivity index (χ4v) is 3.99. The lowest BCUT2D eigenvalue weighted by Crippen LogP contribution is -2.44. The number of carbonyl (C=O) groups is 2. The van der Waals surface area contributed by atoms with Crippen LogP contribution in [-0.4, -0.2) is 34.0 Å². The average molecular weight is 251 g/mol. The summed E-state index contributed by atoms with van der Waals surface area (Å²) in [5.74, 6) is 0.212. The molecule has 0 aromatic rings. The quantitative estimate of drug-likeness (QED) is 0.753. The van der Waals surface area contributed by atoms with Crippen LogP contribution in [0.3, 0.4) is 0 Å². The van der Waals surface area contributed by atoms with Crippen LogP contribution in [0.5, 0.6) is 0 Å². The largest absolute Gasteiger partial charge is 0.388 e. The first-order valence-corrected chi connectivity index (χ1v) is 7.08. The van der Waals surface area contributed by atoms with Gasteiger partial charge >= 0.3 is 0 Å². The van der Waals surface area contributed by atoms with Crippen molar-refractivity contribution in [2.75, 3.05) is 6.54 Å². The van der Waals surface area contributed by atoms with E-state index in [0.717, 1.165) is 38.5 Å². The molecule has 3 rings (SSSR count). The Morgan fingerprint density at radius 2 is 1.67 bits per heavy atom. The first kappa shape index (κ1) is 12.2. The lowest BCUT2D eigenvalue weighted by Gasteiger charge is -2.28. The second-order valence-electron chi connectivity index (χ2n) is 6.48. The Hall–Kier alpha value is -0.900. The van der Waals surface area contributed by atoms with Crippen LogP contribution >= 0.6 is 0 Å². The highest BCUT2D eigenvalue weighted by molar-refractivity contribution is 6.05. The zero-order valence-corrected chi connectivity index (χ0v) is 10.9. The van der Waals surface area contributed by atoms with Crippen molar-refractivity contribution in [3.8, 4) is 0 Å². The molecule has 4 heteroatoms. The maximum Gasteiger partial charge on any atom is 0.233 e. The average Bonchev–Trinajstić information content (AvgIpc) is 2.95. The zero-order valence-electron chi connectivity index (χ0n) is 10.9. The fraction of sp³-hybridized carbons (Fsp3) is 0.857. The number of rotatable bonds is 2. The third kappa shape index (κ3) is 1.78. The zero-order chi connectivity index (χ0) is 12.9. The van der Waals surface area contributed by atoms with Crippen molar-refractivity contribution in [1.82, 2.24) is 4.90 Å². The van der Waals surface area contributed by atoms with E-state index in [-0.39, 0.29) is 30.2 Å². The highest BCUT2D eigenvalue weighted by Gasteiger charge is 2.53. The third-order valence-corrected chi connectivity index (χ3v) is 4.95. The summed E-state index contributed by atoms with van der Waals surface area (Å²) in [4.78, 5) is 25.9. The fourth-order valence-electron chi connectivity index (χ4n) is 3.99. The molecule has 1 heterocycles. The van der Waals surface area contributed by atoms with Gasteiger partial charge < -0.3 is 5.11 Å². The number of fused-ring (bicyclic) bond motifs is 1. The number of carbonyl (C=O) groups excluding carboxylic acids is 2. The minimum atomic E-state index is -0.810. The highest BCUT2D eigenvalue weighted by Crippen LogP contribution is 2.44. The predicted molar refractivity (Wildman–Crippen MR) is 65.5 cm³/mol. The molecule has 0 radical (unpaired) electrons. The number of hydrogen-bond donors (Lipinski definition) is 1. The number of imide groups is 1. The molecule has 18 heavy (non-hydrogen) atoms. The second kappa shape index (κ2) is 4.05. The molecule has 0 aromatic carbocycles. The van der Waals surface area contributed by atoms with Crippen molar-refractivity contribution >= 4 is 11.8 Å². The first-order chi connectivity index (χ1) is 8.50. The van der Waals surface area contributed by atoms with Gasteiger partial charge in [-0.3, -0.25) is 14.5 Å². The van der Waals surface area contributed by atoms with Gasteiger partial charge in [0.15, 0.2) is 0 Å². The molecule has 100 valence electrons. The van der Waals surface area contributed by atoms with Crippen molar-refractivity contribution in [3.05, 3.63) is 0 Å². The molecule has 2 aliphatic carbocycles. The van der Waals surface area contributed by atoms with Crippen molar-refractivity contribution < 1.29 is 14.7 Å². The van der Waals surface area contributed by atoms with E-state index in [2.05, 4.69) is 6.92 Å². The predicted octanol–water partition coefficient (Wildman–Crippen LogP) is 1.32. The summed E-state index contributed by atoms with van der Waals surface area (Å²) in [7, 11) is 0. The molecule has 0 spiro atoms. The Labute approximate surface area is 107 Å². The number of likely N-dealkylation sites (tertiary alicyclic amines) is 1.